The van der Waals surface area contributed by atoms with E-state index in [0.29, 0.717) is 18.2 Å². The molecule has 5 rings (SSSR count). The van der Waals surface area contributed by atoms with Crippen molar-refractivity contribution in [2.45, 2.75) is 13.3 Å². The first-order chi connectivity index (χ1) is 14.2. The van der Waals surface area contributed by atoms with Gasteiger partial charge in [-0.3, -0.25) is 0 Å². The van der Waals surface area contributed by atoms with E-state index in [-0.39, 0.29) is 0 Å². The Kier molecular flexibility index (Phi) is 4.24. The van der Waals surface area contributed by atoms with Gasteiger partial charge in [-0.05, 0) is 48.9 Å². The summed E-state index contributed by atoms with van der Waals surface area (Å²) in [4.78, 5) is 17.6. The van der Waals surface area contributed by atoms with Gasteiger partial charge in [0.05, 0.1) is 46.8 Å². The lowest BCUT2D eigenvalue weighted by Gasteiger charge is -2.10. The minimum Gasteiger partial charge on any atom is -0.493 e. The Labute approximate surface area is 167 Å². The number of aromatic nitrogens is 4. The van der Waals surface area contributed by atoms with Crippen LogP contribution in [0.3, 0.4) is 0 Å². The van der Waals surface area contributed by atoms with Crippen molar-refractivity contribution in [2.75, 3.05) is 13.7 Å². The number of fused-ring (bicyclic) bond motifs is 3. The van der Waals surface area contributed by atoms with Crippen molar-refractivity contribution in [3.05, 3.63) is 54.6 Å². The summed E-state index contributed by atoms with van der Waals surface area (Å²) in [7, 11) is 1.64. The summed E-state index contributed by atoms with van der Waals surface area (Å²) in [6, 6.07) is 17.7. The van der Waals surface area contributed by atoms with Crippen LogP contribution in [0.15, 0.2) is 54.6 Å². The zero-order valence-electron chi connectivity index (χ0n) is 16.3. The van der Waals surface area contributed by atoms with Gasteiger partial charge in [0, 0.05) is 5.56 Å². The molecule has 0 radical (unpaired) electrons. The molecule has 0 saturated carbocycles. The molecule has 1 N–H and O–H groups in total. The molecular weight excluding hydrogens is 364 g/mol. The molecule has 6 heteroatoms. The number of nitrogens with zero attached hydrogens (tertiary/aromatic N) is 3. The second kappa shape index (κ2) is 7.05. The van der Waals surface area contributed by atoms with E-state index in [1.165, 1.54) is 0 Å². The summed E-state index contributed by atoms with van der Waals surface area (Å²) < 4.78 is 11.2. The normalized spacial score (nSPS) is 11.4. The molecule has 0 aliphatic heterocycles. The number of benzene rings is 3. The number of methoxy groups -OCH3 is 1. The summed E-state index contributed by atoms with van der Waals surface area (Å²) in [6.45, 7) is 2.72. The van der Waals surface area contributed by atoms with Crippen LogP contribution in [0.1, 0.15) is 13.3 Å². The van der Waals surface area contributed by atoms with Gasteiger partial charge in [0.1, 0.15) is 0 Å². The molecule has 2 aromatic heterocycles. The second-order valence-corrected chi connectivity index (χ2v) is 6.87. The van der Waals surface area contributed by atoms with Crippen LogP contribution < -0.4 is 9.47 Å². The van der Waals surface area contributed by atoms with Gasteiger partial charge in [-0.25, -0.2) is 15.0 Å². The third kappa shape index (κ3) is 3.12. The van der Waals surface area contributed by atoms with Crippen molar-refractivity contribution in [3.8, 4) is 22.9 Å². The van der Waals surface area contributed by atoms with E-state index < -0.39 is 0 Å². The smallest absolute Gasteiger partial charge is 0.161 e. The molecule has 0 amide bonds. The van der Waals surface area contributed by atoms with E-state index in [4.69, 9.17) is 24.4 Å². The van der Waals surface area contributed by atoms with E-state index in [1.54, 1.807) is 7.11 Å². The molecule has 0 spiro atoms. The fraction of sp³-hybridized carbons (Fsp3) is 0.174. The standard InChI is InChI=1S/C23H20N4O2/c1-3-10-29-21-9-8-14(11-22(21)28-2)23-26-19-12-17-18(13-20(19)27-23)25-16-7-5-4-6-15(16)24-17/h4-9,11-13,24H,3,10H2,1-2H3. The van der Waals surface area contributed by atoms with Crippen LogP contribution in [0.5, 0.6) is 11.5 Å². The summed E-state index contributed by atoms with van der Waals surface area (Å²) in [5.74, 6) is 2.06. The number of hydrogen-bond acceptors (Lipinski definition) is 5. The fourth-order valence-corrected chi connectivity index (χ4v) is 3.41. The number of aromatic amines is 1. The van der Waals surface area contributed by atoms with Crippen LogP contribution in [0.2, 0.25) is 0 Å². The number of nitrogens with one attached hydrogen (secondary N) is 1. The molecule has 0 atom stereocenters. The maximum absolute atomic E-state index is 5.74. The highest BCUT2D eigenvalue weighted by Gasteiger charge is 2.13. The predicted octanol–water partition coefficient (Wildman–Crippen LogP) is 5.12. The summed E-state index contributed by atoms with van der Waals surface area (Å²) in [5.41, 5.74) is 6.23. The van der Waals surface area contributed by atoms with Gasteiger partial charge in [-0.2, -0.15) is 0 Å². The quantitative estimate of drug-likeness (QED) is 0.426. The van der Waals surface area contributed by atoms with E-state index in [9.17, 15) is 0 Å². The van der Waals surface area contributed by atoms with Crippen molar-refractivity contribution in [1.29, 1.82) is 0 Å². The van der Waals surface area contributed by atoms with Gasteiger partial charge < -0.3 is 14.5 Å². The maximum Gasteiger partial charge on any atom is 0.161 e. The number of para-hydroxylation sites is 2. The van der Waals surface area contributed by atoms with Crippen LogP contribution in [0.25, 0.3) is 44.5 Å². The second-order valence-electron chi connectivity index (χ2n) is 6.87. The lowest BCUT2D eigenvalue weighted by molar-refractivity contribution is 0.294. The Hall–Kier alpha value is -3.67. The largest absolute Gasteiger partial charge is 0.493 e. The highest BCUT2D eigenvalue weighted by molar-refractivity contribution is 5.95. The van der Waals surface area contributed by atoms with Crippen molar-refractivity contribution >= 4 is 33.1 Å². The first-order valence-corrected chi connectivity index (χ1v) is 9.62. The zero-order chi connectivity index (χ0) is 19.8. The topological polar surface area (TPSA) is 72.9 Å². The Morgan fingerprint density at radius 3 is 2.45 bits per heavy atom. The fourth-order valence-electron chi connectivity index (χ4n) is 3.41. The summed E-state index contributed by atoms with van der Waals surface area (Å²) in [5, 5.41) is 0. The third-order valence-corrected chi connectivity index (χ3v) is 4.84. The molecule has 3 aromatic carbocycles. The molecule has 0 aliphatic carbocycles. The van der Waals surface area contributed by atoms with E-state index in [1.807, 2.05) is 54.6 Å². The monoisotopic (exact) mass is 384 g/mol. The van der Waals surface area contributed by atoms with Crippen LogP contribution in [0.4, 0.5) is 0 Å². The Morgan fingerprint density at radius 1 is 0.793 bits per heavy atom. The van der Waals surface area contributed by atoms with Crippen LogP contribution >= 0.6 is 0 Å². The zero-order valence-corrected chi connectivity index (χ0v) is 16.3. The van der Waals surface area contributed by atoms with Crippen molar-refractivity contribution in [2.24, 2.45) is 0 Å². The summed E-state index contributed by atoms with van der Waals surface area (Å²) in [6.07, 6.45) is 0.940. The minimum absolute atomic E-state index is 0.650. The van der Waals surface area contributed by atoms with E-state index >= 15 is 0 Å². The average Bonchev–Trinajstić information content (AvgIpc) is 3.17. The Morgan fingerprint density at radius 2 is 1.62 bits per heavy atom. The SMILES string of the molecule is CCCOc1ccc(-c2nc3cc4nc5ccccc5[nH]c4cc3n2)cc1OC. The molecule has 0 unspecified atom stereocenters. The average molecular weight is 384 g/mol. The highest BCUT2D eigenvalue weighted by Crippen LogP contribution is 2.33. The predicted molar refractivity (Wildman–Crippen MR) is 114 cm³/mol. The molecule has 0 bridgehead atoms. The highest BCUT2D eigenvalue weighted by atomic mass is 16.5. The van der Waals surface area contributed by atoms with Gasteiger partial charge in [-0.15, -0.1) is 0 Å². The lowest BCUT2D eigenvalue weighted by atomic mass is 10.2. The van der Waals surface area contributed by atoms with Crippen molar-refractivity contribution < 1.29 is 9.47 Å². The molecule has 2 heterocycles. The number of H-pyrrole nitrogens is 1. The molecule has 5 aromatic rings. The molecule has 0 fully saturated rings. The Bertz CT molecular complexity index is 1270. The van der Waals surface area contributed by atoms with Crippen LogP contribution in [-0.2, 0) is 0 Å². The van der Waals surface area contributed by atoms with Crippen LogP contribution in [-0.4, -0.2) is 33.7 Å². The number of ether oxygens (including phenoxy) is 2. The molecule has 144 valence electrons. The first kappa shape index (κ1) is 17.4. The number of hydrogen-bond donors (Lipinski definition) is 1. The molecule has 6 nitrogen and oxygen atoms in total. The van der Waals surface area contributed by atoms with Gasteiger partial charge >= 0.3 is 0 Å². The minimum atomic E-state index is 0.650. The van der Waals surface area contributed by atoms with Crippen molar-refractivity contribution in [1.82, 2.24) is 19.9 Å². The maximum atomic E-state index is 5.74. The number of rotatable bonds is 5. The lowest BCUT2D eigenvalue weighted by Crippen LogP contribution is -1.98. The van der Waals surface area contributed by atoms with Gasteiger partial charge in [0.15, 0.2) is 17.3 Å². The third-order valence-electron chi connectivity index (χ3n) is 4.84. The van der Waals surface area contributed by atoms with E-state index in [0.717, 1.165) is 50.8 Å². The van der Waals surface area contributed by atoms with Crippen LogP contribution in [0, 0.1) is 0 Å². The molecular formula is C23H20N4O2. The van der Waals surface area contributed by atoms with Crippen molar-refractivity contribution in [3.63, 3.8) is 0 Å². The molecule has 0 saturated heterocycles. The molecule has 0 aliphatic rings. The first-order valence-electron chi connectivity index (χ1n) is 9.62. The van der Waals surface area contributed by atoms with Gasteiger partial charge in [0.25, 0.3) is 0 Å². The summed E-state index contributed by atoms with van der Waals surface area (Å²) >= 11 is 0. The van der Waals surface area contributed by atoms with Gasteiger partial charge in [0.2, 0.25) is 0 Å². The Balaban J connectivity index is 1.60. The van der Waals surface area contributed by atoms with Gasteiger partial charge in [-0.1, -0.05) is 19.1 Å². The molecule has 29 heavy (non-hydrogen) atoms. The number of imidazole rings is 1. The van der Waals surface area contributed by atoms with E-state index in [2.05, 4.69) is 11.9 Å².